The van der Waals surface area contributed by atoms with Crippen LogP contribution in [0, 0.1) is 0 Å². The molecule has 0 aliphatic rings. The van der Waals surface area contributed by atoms with Crippen LogP contribution >= 0.6 is 0 Å². The van der Waals surface area contributed by atoms with E-state index in [1.165, 1.54) is 5.69 Å². The lowest BCUT2D eigenvalue weighted by Gasteiger charge is -2.29. The van der Waals surface area contributed by atoms with Crippen molar-refractivity contribution in [3.63, 3.8) is 0 Å². The quantitative estimate of drug-likeness (QED) is 0.800. The second kappa shape index (κ2) is 6.33. The first-order chi connectivity index (χ1) is 7.72. The van der Waals surface area contributed by atoms with Gasteiger partial charge in [0.15, 0.2) is 0 Å². The second-order valence-electron chi connectivity index (χ2n) is 3.74. The number of pyridine rings is 1. The van der Waals surface area contributed by atoms with Crippen LogP contribution in [0.25, 0.3) is 0 Å². The molecule has 0 saturated carbocycles. The maximum absolute atomic E-state index is 5.19. The maximum Gasteiger partial charge on any atom is 0.127 e. The van der Waals surface area contributed by atoms with Gasteiger partial charge in [-0.2, -0.15) is 0 Å². The van der Waals surface area contributed by atoms with Gasteiger partial charge in [-0.25, -0.2) is 4.98 Å². The molecule has 1 N–H and O–H groups in total. The highest BCUT2D eigenvalue weighted by atomic mass is 16.5. The van der Waals surface area contributed by atoms with Gasteiger partial charge >= 0.3 is 0 Å². The molecular formula is C12H21N3O. The molecule has 0 amide bonds. The molecule has 0 bridgehead atoms. The van der Waals surface area contributed by atoms with E-state index in [9.17, 15) is 0 Å². The highest BCUT2D eigenvalue weighted by Crippen LogP contribution is 2.19. The van der Waals surface area contributed by atoms with Gasteiger partial charge in [0, 0.05) is 44.7 Å². The summed E-state index contributed by atoms with van der Waals surface area (Å²) in [6.45, 7) is 5.99. The second-order valence-corrected chi connectivity index (χ2v) is 3.74. The molecule has 4 nitrogen and oxygen atoms in total. The van der Waals surface area contributed by atoms with E-state index in [2.05, 4.69) is 35.1 Å². The van der Waals surface area contributed by atoms with Gasteiger partial charge in [-0.05, 0) is 19.9 Å². The van der Waals surface area contributed by atoms with E-state index in [0.717, 1.165) is 19.0 Å². The number of aromatic nitrogens is 1. The molecule has 4 heteroatoms. The summed E-state index contributed by atoms with van der Waals surface area (Å²) in [5.41, 5.74) is 1.17. The van der Waals surface area contributed by atoms with Crippen LogP contribution < -0.4 is 10.2 Å². The number of nitrogens with zero attached hydrogens (tertiary/aromatic N) is 2. The molecule has 1 aromatic rings. The maximum atomic E-state index is 5.19. The average molecular weight is 223 g/mol. The molecule has 1 unspecified atom stereocenters. The number of anilines is 2. The van der Waals surface area contributed by atoms with Gasteiger partial charge in [-0.3, -0.25) is 0 Å². The molecule has 16 heavy (non-hydrogen) atoms. The third kappa shape index (κ3) is 3.10. The summed E-state index contributed by atoms with van der Waals surface area (Å²) < 4.78 is 5.19. The highest BCUT2D eigenvalue weighted by molar-refractivity contribution is 5.54. The van der Waals surface area contributed by atoms with E-state index in [1.54, 1.807) is 7.11 Å². The van der Waals surface area contributed by atoms with Crippen LogP contribution in [-0.2, 0) is 4.74 Å². The van der Waals surface area contributed by atoms with E-state index in [0.29, 0.717) is 6.04 Å². The number of hydrogen-bond acceptors (Lipinski definition) is 4. The van der Waals surface area contributed by atoms with Gasteiger partial charge in [-0.1, -0.05) is 0 Å². The Morgan fingerprint density at radius 3 is 2.88 bits per heavy atom. The molecule has 1 atom stereocenters. The van der Waals surface area contributed by atoms with Crippen LogP contribution in [0.1, 0.15) is 13.8 Å². The van der Waals surface area contributed by atoms with E-state index in [1.807, 2.05) is 19.3 Å². The topological polar surface area (TPSA) is 37.4 Å². The lowest BCUT2D eigenvalue weighted by atomic mass is 10.2. The van der Waals surface area contributed by atoms with Crippen molar-refractivity contribution in [1.82, 2.24) is 4.98 Å². The molecule has 0 radical (unpaired) electrons. The molecule has 0 aromatic carbocycles. The van der Waals surface area contributed by atoms with Crippen LogP contribution in [0.2, 0.25) is 0 Å². The van der Waals surface area contributed by atoms with Gasteiger partial charge in [-0.15, -0.1) is 0 Å². The molecule has 0 aliphatic heterocycles. The number of nitrogens with one attached hydrogen (secondary N) is 1. The smallest absolute Gasteiger partial charge is 0.127 e. The highest BCUT2D eigenvalue weighted by Gasteiger charge is 2.12. The van der Waals surface area contributed by atoms with Crippen molar-refractivity contribution in [1.29, 1.82) is 0 Å². The SMILES string of the molecule is CCN(c1ccnc(NC)c1)C(C)COC. The molecule has 0 fully saturated rings. The fourth-order valence-electron chi connectivity index (χ4n) is 1.81. The van der Waals surface area contributed by atoms with Gasteiger partial charge in [0.05, 0.1) is 6.61 Å². The van der Waals surface area contributed by atoms with E-state index < -0.39 is 0 Å². The first-order valence-corrected chi connectivity index (χ1v) is 5.62. The van der Waals surface area contributed by atoms with Crippen LogP contribution in [0.4, 0.5) is 11.5 Å². The van der Waals surface area contributed by atoms with Crippen molar-refractivity contribution < 1.29 is 4.74 Å². The predicted molar refractivity (Wildman–Crippen MR) is 68.1 cm³/mol. The normalized spacial score (nSPS) is 12.2. The Labute approximate surface area is 97.6 Å². The molecule has 0 spiro atoms. The Morgan fingerprint density at radius 2 is 2.31 bits per heavy atom. The van der Waals surface area contributed by atoms with E-state index in [-0.39, 0.29) is 0 Å². The summed E-state index contributed by atoms with van der Waals surface area (Å²) >= 11 is 0. The number of likely N-dealkylation sites (N-methyl/N-ethyl adjacent to an activating group) is 1. The Bertz CT molecular complexity index is 317. The molecule has 1 aromatic heterocycles. The first kappa shape index (κ1) is 12.8. The minimum Gasteiger partial charge on any atom is -0.383 e. The predicted octanol–water partition coefficient (Wildman–Crippen LogP) is 1.98. The van der Waals surface area contributed by atoms with Crippen LogP contribution in [0.15, 0.2) is 18.3 Å². The number of hydrogen-bond donors (Lipinski definition) is 1. The zero-order valence-electron chi connectivity index (χ0n) is 10.5. The van der Waals surface area contributed by atoms with Crippen molar-refractivity contribution >= 4 is 11.5 Å². The number of rotatable bonds is 6. The summed E-state index contributed by atoms with van der Waals surface area (Å²) in [6, 6.07) is 4.44. The summed E-state index contributed by atoms with van der Waals surface area (Å²) in [5, 5.41) is 3.05. The molecule has 1 heterocycles. The Balaban J connectivity index is 2.85. The number of methoxy groups -OCH3 is 1. The third-order valence-electron chi connectivity index (χ3n) is 2.61. The largest absolute Gasteiger partial charge is 0.383 e. The third-order valence-corrected chi connectivity index (χ3v) is 2.61. The fraction of sp³-hybridized carbons (Fsp3) is 0.583. The minimum absolute atomic E-state index is 0.363. The summed E-state index contributed by atoms with van der Waals surface area (Å²) in [7, 11) is 3.61. The van der Waals surface area contributed by atoms with Gasteiger partial charge in [0.1, 0.15) is 5.82 Å². The van der Waals surface area contributed by atoms with E-state index in [4.69, 9.17) is 4.74 Å². The molecule has 1 rings (SSSR count). The molecular weight excluding hydrogens is 202 g/mol. The fourth-order valence-corrected chi connectivity index (χ4v) is 1.81. The first-order valence-electron chi connectivity index (χ1n) is 5.62. The Kier molecular flexibility index (Phi) is 5.05. The van der Waals surface area contributed by atoms with Crippen LogP contribution in [0.3, 0.4) is 0 Å². The summed E-state index contributed by atoms with van der Waals surface area (Å²) in [5.74, 6) is 0.889. The van der Waals surface area contributed by atoms with Crippen molar-refractivity contribution in [3.05, 3.63) is 18.3 Å². The van der Waals surface area contributed by atoms with Gasteiger partial charge in [0.2, 0.25) is 0 Å². The number of ether oxygens (including phenoxy) is 1. The average Bonchev–Trinajstić information content (AvgIpc) is 2.31. The minimum atomic E-state index is 0.363. The van der Waals surface area contributed by atoms with E-state index >= 15 is 0 Å². The molecule has 0 saturated heterocycles. The monoisotopic (exact) mass is 223 g/mol. The Morgan fingerprint density at radius 1 is 1.56 bits per heavy atom. The zero-order chi connectivity index (χ0) is 12.0. The molecule has 0 aliphatic carbocycles. The Hall–Kier alpha value is -1.29. The zero-order valence-corrected chi connectivity index (χ0v) is 10.5. The summed E-state index contributed by atoms with van der Waals surface area (Å²) in [4.78, 5) is 6.51. The lowest BCUT2D eigenvalue weighted by Crippen LogP contribution is -2.36. The van der Waals surface area contributed by atoms with Crippen molar-refractivity contribution in [2.24, 2.45) is 0 Å². The van der Waals surface area contributed by atoms with Gasteiger partial charge < -0.3 is 15.0 Å². The van der Waals surface area contributed by atoms with Crippen molar-refractivity contribution in [2.45, 2.75) is 19.9 Å². The van der Waals surface area contributed by atoms with Crippen LogP contribution in [0.5, 0.6) is 0 Å². The molecule has 90 valence electrons. The lowest BCUT2D eigenvalue weighted by molar-refractivity contribution is 0.182. The van der Waals surface area contributed by atoms with Crippen molar-refractivity contribution in [2.75, 3.05) is 37.5 Å². The van der Waals surface area contributed by atoms with Crippen molar-refractivity contribution in [3.8, 4) is 0 Å². The van der Waals surface area contributed by atoms with Gasteiger partial charge in [0.25, 0.3) is 0 Å². The standard InChI is InChI=1S/C12H21N3O/c1-5-15(10(2)9-16-4)11-6-7-14-12(8-11)13-3/h6-8,10H,5,9H2,1-4H3,(H,13,14). The van der Waals surface area contributed by atoms with Crippen LogP contribution in [-0.4, -0.2) is 38.3 Å². The summed E-state index contributed by atoms with van der Waals surface area (Å²) in [6.07, 6.45) is 1.82.